The van der Waals surface area contributed by atoms with E-state index in [-0.39, 0.29) is 5.82 Å². The van der Waals surface area contributed by atoms with E-state index in [4.69, 9.17) is 0 Å². The summed E-state index contributed by atoms with van der Waals surface area (Å²) < 4.78 is 12.8. The van der Waals surface area contributed by atoms with Crippen molar-refractivity contribution in [2.24, 2.45) is 0 Å². The lowest BCUT2D eigenvalue weighted by atomic mass is 10.1. The summed E-state index contributed by atoms with van der Waals surface area (Å²) in [5.74, 6) is 0.552. The third-order valence-electron chi connectivity index (χ3n) is 2.96. The van der Waals surface area contributed by atoms with E-state index in [1.165, 1.54) is 12.1 Å². The number of nitrogens with one attached hydrogen (secondary N) is 1. The first kappa shape index (κ1) is 12.5. The number of fused-ring (bicyclic) bond motifs is 1. The van der Waals surface area contributed by atoms with Crippen LogP contribution >= 0.6 is 0 Å². The van der Waals surface area contributed by atoms with E-state index in [0.717, 1.165) is 29.9 Å². The summed E-state index contributed by atoms with van der Waals surface area (Å²) in [5, 5.41) is 3.23. The average molecular weight is 268 g/mol. The van der Waals surface area contributed by atoms with Crippen LogP contribution in [0, 0.1) is 5.82 Å². The molecular formula is C15H13FN4. The second kappa shape index (κ2) is 5.61. The lowest BCUT2D eigenvalue weighted by Gasteiger charge is -2.06. The Kier molecular flexibility index (Phi) is 3.50. The van der Waals surface area contributed by atoms with Gasteiger partial charge < -0.3 is 5.32 Å². The topological polar surface area (TPSA) is 50.7 Å². The predicted molar refractivity (Wildman–Crippen MR) is 75.9 cm³/mol. The van der Waals surface area contributed by atoms with Gasteiger partial charge in [0.1, 0.15) is 17.2 Å². The predicted octanol–water partition coefficient (Wildman–Crippen LogP) is 2.82. The van der Waals surface area contributed by atoms with Crippen LogP contribution in [0.5, 0.6) is 0 Å². The molecule has 2 aromatic heterocycles. The highest BCUT2D eigenvalue weighted by Gasteiger charge is 2.00. The summed E-state index contributed by atoms with van der Waals surface area (Å²) in [5.41, 5.74) is 2.48. The number of rotatable bonds is 4. The van der Waals surface area contributed by atoms with Crippen LogP contribution in [0.3, 0.4) is 0 Å². The fourth-order valence-corrected chi connectivity index (χ4v) is 1.94. The maximum atomic E-state index is 12.8. The molecule has 1 aromatic carbocycles. The first-order valence-corrected chi connectivity index (χ1v) is 6.37. The van der Waals surface area contributed by atoms with Crippen molar-refractivity contribution >= 4 is 17.0 Å². The lowest BCUT2D eigenvalue weighted by molar-refractivity contribution is 0.627. The highest BCUT2D eigenvalue weighted by molar-refractivity contribution is 5.71. The van der Waals surface area contributed by atoms with Gasteiger partial charge in [0.2, 0.25) is 0 Å². The van der Waals surface area contributed by atoms with E-state index < -0.39 is 0 Å². The Labute approximate surface area is 115 Å². The van der Waals surface area contributed by atoms with Gasteiger partial charge in [-0.2, -0.15) is 0 Å². The number of benzene rings is 1. The van der Waals surface area contributed by atoms with Crippen LogP contribution in [0.2, 0.25) is 0 Å². The maximum absolute atomic E-state index is 12.8. The van der Waals surface area contributed by atoms with Gasteiger partial charge in [-0.25, -0.2) is 14.4 Å². The second-order valence-electron chi connectivity index (χ2n) is 4.40. The van der Waals surface area contributed by atoms with Gasteiger partial charge in [0.25, 0.3) is 0 Å². The van der Waals surface area contributed by atoms with Crippen LogP contribution in [-0.4, -0.2) is 21.5 Å². The zero-order valence-electron chi connectivity index (χ0n) is 10.8. The molecule has 0 aliphatic carbocycles. The smallest absolute Gasteiger partial charge is 0.180 e. The van der Waals surface area contributed by atoms with Gasteiger partial charge in [-0.3, -0.25) is 4.98 Å². The van der Waals surface area contributed by atoms with Crippen LogP contribution in [0.1, 0.15) is 5.56 Å². The fraction of sp³-hybridized carbons (Fsp3) is 0.133. The summed E-state index contributed by atoms with van der Waals surface area (Å²) in [6, 6.07) is 10.3. The number of nitrogens with zero attached hydrogens (tertiary/aromatic N) is 3. The third kappa shape index (κ3) is 2.88. The Bertz CT molecular complexity index is 712. The monoisotopic (exact) mass is 268 g/mol. The first-order chi connectivity index (χ1) is 9.81. The number of hydrogen-bond donors (Lipinski definition) is 1. The van der Waals surface area contributed by atoms with Crippen molar-refractivity contribution in [3.8, 4) is 0 Å². The quantitative estimate of drug-likeness (QED) is 0.790. The average Bonchev–Trinajstić information content (AvgIpc) is 2.49. The van der Waals surface area contributed by atoms with Gasteiger partial charge in [0, 0.05) is 18.9 Å². The largest absolute Gasteiger partial charge is 0.370 e. The van der Waals surface area contributed by atoms with E-state index >= 15 is 0 Å². The molecule has 0 aliphatic rings. The van der Waals surface area contributed by atoms with E-state index in [1.54, 1.807) is 24.5 Å². The number of hydrogen-bond acceptors (Lipinski definition) is 4. The Morgan fingerprint density at radius 1 is 0.950 bits per heavy atom. The Balaban J connectivity index is 1.63. The van der Waals surface area contributed by atoms with Gasteiger partial charge in [0.05, 0.1) is 0 Å². The van der Waals surface area contributed by atoms with Crippen LogP contribution in [0.15, 0.2) is 48.8 Å². The maximum Gasteiger partial charge on any atom is 0.180 e. The number of halogens is 1. The van der Waals surface area contributed by atoms with Crippen molar-refractivity contribution in [3.05, 3.63) is 60.2 Å². The Morgan fingerprint density at radius 3 is 2.60 bits per heavy atom. The summed E-state index contributed by atoms with van der Waals surface area (Å²) >= 11 is 0. The minimum absolute atomic E-state index is 0.212. The molecule has 0 radical (unpaired) electrons. The number of anilines is 1. The van der Waals surface area contributed by atoms with E-state index in [0.29, 0.717) is 5.65 Å². The van der Waals surface area contributed by atoms with Gasteiger partial charge in [-0.15, -0.1) is 0 Å². The molecule has 0 saturated heterocycles. The van der Waals surface area contributed by atoms with Crippen molar-refractivity contribution in [2.45, 2.75) is 6.42 Å². The molecule has 4 nitrogen and oxygen atoms in total. The zero-order chi connectivity index (χ0) is 13.8. The van der Waals surface area contributed by atoms with Crippen molar-refractivity contribution in [2.75, 3.05) is 11.9 Å². The van der Waals surface area contributed by atoms with Crippen LogP contribution in [0.25, 0.3) is 11.2 Å². The second-order valence-corrected chi connectivity index (χ2v) is 4.40. The molecule has 5 heteroatoms. The molecule has 1 N–H and O–H groups in total. The van der Waals surface area contributed by atoms with Gasteiger partial charge in [-0.1, -0.05) is 12.1 Å². The molecule has 0 atom stereocenters. The zero-order valence-corrected chi connectivity index (χ0v) is 10.8. The summed E-state index contributed by atoms with van der Waals surface area (Å²) in [7, 11) is 0. The van der Waals surface area contributed by atoms with Crippen molar-refractivity contribution in [1.82, 2.24) is 15.0 Å². The molecule has 0 aliphatic heterocycles. The molecule has 0 bridgehead atoms. The lowest BCUT2D eigenvalue weighted by Crippen LogP contribution is -2.06. The standard InChI is InChI=1S/C15H13FN4/c16-12-3-1-11(2-4-12)7-8-18-14-6-5-13-15(20-14)19-10-9-17-13/h1-6,9-10H,7-8H2,(H,18,19,20). The van der Waals surface area contributed by atoms with Crippen molar-refractivity contribution in [1.29, 1.82) is 0 Å². The van der Waals surface area contributed by atoms with Crippen molar-refractivity contribution in [3.63, 3.8) is 0 Å². The van der Waals surface area contributed by atoms with E-state index in [1.807, 2.05) is 12.1 Å². The molecule has 0 fully saturated rings. The van der Waals surface area contributed by atoms with E-state index in [2.05, 4.69) is 20.3 Å². The molecular weight excluding hydrogens is 255 g/mol. The highest BCUT2D eigenvalue weighted by Crippen LogP contribution is 2.10. The van der Waals surface area contributed by atoms with E-state index in [9.17, 15) is 4.39 Å². The van der Waals surface area contributed by atoms with Crippen LogP contribution < -0.4 is 5.32 Å². The Morgan fingerprint density at radius 2 is 1.75 bits per heavy atom. The number of aromatic nitrogens is 3. The highest BCUT2D eigenvalue weighted by atomic mass is 19.1. The third-order valence-corrected chi connectivity index (χ3v) is 2.96. The SMILES string of the molecule is Fc1ccc(CCNc2ccc3nccnc3n2)cc1. The molecule has 0 saturated carbocycles. The van der Waals surface area contributed by atoms with Gasteiger partial charge in [0.15, 0.2) is 5.65 Å². The minimum atomic E-state index is -0.212. The molecule has 3 rings (SSSR count). The molecule has 3 aromatic rings. The Hall–Kier alpha value is -2.56. The molecule has 0 amide bonds. The molecule has 20 heavy (non-hydrogen) atoms. The van der Waals surface area contributed by atoms with Crippen LogP contribution in [0.4, 0.5) is 10.2 Å². The fourth-order valence-electron chi connectivity index (χ4n) is 1.94. The summed E-state index contributed by atoms with van der Waals surface area (Å²) in [6.07, 6.45) is 4.07. The van der Waals surface area contributed by atoms with Crippen molar-refractivity contribution < 1.29 is 4.39 Å². The van der Waals surface area contributed by atoms with Gasteiger partial charge >= 0.3 is 0 Å². The molecule has 0 spiro atoms. The molecule has 2 heterocycles. The first-order valence-electron chi connectivity index (χ1n) is 6.37. The molecule has 100 valence electrons. The molecule has 0 unspecified atom stereocenters. The van der Waals surface area contributed by atoms with Gasteiger partial charge in [-0.05, 0) is 36.2 Å². The minimum Gasteiger partial charge on any atom is -0.370 e. The number of pyridine rings is 1. The summed E-state index contributed by atoms with van der Waals surface area (Å²) in [6.45, 7) is 0.727. The van der Waals surface area contributed by atoms with Crippen LogP contribution in [-0.2, 0) is 6.42 Å². The normalized spacial score (nSPS) is 10.7. The summed E-state index contributed by atoms with van der Waals surface area (Å²) in [4.78, 5) is 12.7.